The first kappa shape index (κ1) is 17.5. The smallest absolute Gasteiger partial charge is 0.257 e. The third-order valence-electron chi connectivity index (χ3n) is 3.65. The van der Waals surface area contributed by atoms with Crippen molar-refractivity contribution in [2.24, 2.45) is 5.10 Å². The number of hydrogen-bond donors (Lipinski definition) is 1. The van der Waals surface area contributed by atoms with Crippen LogP contribution in [0.1, 0.15) is 29.4 Å². The van der Waals surface area contributed by atoms with Crippen LogP contribution in [0, 0.1) is 18.3 Å². The summed E-state index contributed by atoms with van der Waals surface area (Å²) < 4.78 is 0.953. The zero-order valence-corrected chi connectivity index (χ0v) is 15.6. The number of benzene rings is 1. The Morgan fingerprint density at radius 2 is 2.16 bits per heavy atom. The number of aromatic nitrogens is 1. The van der Waals surface area contributed by atoms with E-state index in [1.165, 1.54) is 23.1 Å². The molecule has 0 saturated heterocycles. The Kier molecular flexibility index (Phi) is 5.36. The minimum atomic E-state index is -0.196. The molecular formula is C17H17N5OS2. The lowest BCUT2D eigenvalue weighted by molar-refractivity contribution is 0.102. The summed E-state index contributed by atoms with van der Waals surface area (Å²) in [6, 6.07) is 9.48. The van der Waals surface area contributed by atoms with Crippen LogP contribution >= 0.6 is 23.1 Å². The van der Waals surface area contributed by atoms with E-state index >= 15 is 0 Å². The minimum absolute atomic E-state index is 0.196. The molecule has 1 amide bonds. The van der Waals surface area contributed by atoms with Gasteiger partial charge in [0.25, 0.3) is 5.91 Å². The molecule has 0 unspecified atom stereocenters. The molecule has 0 radical (unpaired) electrons. The molecule has 2 heterocycles. The maximum atomic E-state index is 12.4. The van der Waals surface area contributed by atoms with Gasteiger partial charge in [0.05, 0.1) is 27.4 Å². The lowest BCUT2D eigenvalue weighted by Gasteiger charge is -2.13. The number of nitrogens with zero attached hydrogens (tertiary/aromatic N) is 4. The summed E-state index contributed by atoms with van der Waals surface area (Å²) in [5, 5.41) is 18.4. The molecular weight excluding hydrogens is 354 g/mol. The van der Waals surface area contributed by atoms with Gasteiger partial charge in [-0.1, -0.05) is 23.1 Å². The highest BCUT2D eigenvalue weighted by atomic mass is 32.2. The van der Waals surface area contributed by atoms with Gasteiger partial charge >= 0.3 is 0 Å². The maximum Gasteiger partial charge on any atom is 0.257 e. The van der Waals surface area contributed by atoms with Crippen molar-refractivity contribution in [2.45, 2.75) is 24.5 Å². The molecule has 1 aliphatic heterocycles. The van der Waals surface area contributed by atoms with Gasteiger partial charge in [-0.15, -0.1) is 0 Å². The van der Waals surface area contributed by atoms with E-state index in [1.807, 2.05) is 31.0 Å². The van der Waals surface area contributed by atoms with Crippen molar-refractivity contribution in [3.8, 4) is 6.07 Å². The van der Waals surface area contributed by atoms with Crippen LogP contribution < -0.4 is 10.3 Å². The molecule has 1 aromatic heterocycles. The molecule has 2 aromatic rings. The second-order valence-corrected chi connectivity index (χ2v) is 7.79. The van der Waals surface area contributed by atoms with Gasteiger partial charge in [0.1, 0.15) is 0 Å². The molecule has 25 heavy (non-hydrogen) atoms. The Labute approximate surface area is 154 Å². The molecule has 8 heteroatoms. The molecule has 0 saturated carbocycles. The maximum absolute atomic E-state index is 12.4. The van der Waals surface area contributed by atoms with Gasteiger partial charge in [0, 0.05) is 24.2 Å². The highest BCUT2D eigenvalue weighted by molar-refractivity contribution is 8.01. The van der Waals surface area contributed by atoms with Crippen molar-refractivity contribution in [2.75, 3.05) is 22.6 Å². The predicted molar refractivity (Wildman–Crippen MR) is 103 cm³/mol. The van der Waals surface area contributed by atoms with Crippen molar-refractivity contribution in [3.63, 3.8) is 0 Å². The van der Waals surface area contributed by atoms with E-state index in [2.05, 4.69) is 21.5 Å². The normalized spacial score (nSPS) is 13.5. The number of nitriles is 1. The first-order valence-corrected chi connectivity index (χ1v) is 9.57. The second kappa shape index (κ2) is 7.68. The fraction of sp³-hybridized carbons (Fsp3) is 0.294. The van der Waals surface area contributed by atoms with E-state index in [0.717, 1.165) is 34.3 Å². The van der Waals surface area contributed by atoms with Crippen LogP contribution in [0.4, 0.5) is 10.8 Å². The highest BCUT2D eigenvalue weighted by Gasteiger charge is 2.15. The van der Waals surface area contributed by atoms with E-state index < -0.39 is 0 Å². The molecule has 1 N–H and O–H groups in total. The summed E-state index contributed by atoms with van der Waals surface area (Å²) >= 11 is 2.82. The molecule has 1 aromatic carbocycles. The fourth-order valence-corrected chi connectivity index (χ4v) is 4.18. The van der Waals surface area contributed by atoms with Crippen molar-refractivity contribution < 1.29 is 4.79 Å². The van der Waals surface area contributed by atoms with Crippen LogP contribution in [0.15, 0.2) is 33.6 Å². The molecule has 1 aliphatic rings. The first-order chi connectivity index (χ1) is 12.1. The number of thiazole rings is 1. The molecule has 0 fully saturated rings. The Bertz CT molecular complexity index is 851. The molecule has 0 atom stereocenters. The third-order valence-corrected chi connectivity index (χ3v) is 5.95. The van der Waals surface area contributed by atoms with Gasteiger partial charge in [-0.05, 0) is 38.1 Å². The number of carbonyl (C=O) groups excluding carboxylic acids is 1. The second-order valence-electron chi connectivity index (χ2n) is 5.55. The van der Waals surface area contributed by atoms with Crippen LogP contribution in [0.5, 0.6) is 0 Å². The van der Waals surface area contributed by atoms with Crippen LogP contribution in [-0.2, 0) is 0 Å². The summed E-state index contributed by atoms with van der Waals surface area (Å²) in [4.78, 5) is 16.7. The van der Waals surface area contributed by atoms with Gasteiger partial charge in [0.2, 0.25) is 0 Å². The Hall–Kier alpha value is -2.37. The van der Waals surface area contributed by atoms with Crippen LogP contribution in [0.3, 0.4) is 0 Å². The van der Waals surface area contributed by atoms with Gasteiger partial charge in [-0.3, -0.25) is 15.1 Å². The Morgan fingerprint density at radius 3 is 2.80 bits per heavy atom. The van der Waals surface area contributed by atoms with Crippen LogP contribution in [0.2, 0.25) is 0 Å². The quantitative estimate of drug-likeness (QED) is 0.806. The largest absolute Gasteiger partial charge is 0.298 e. The number of amides is 1. The summed E-state index contributed by atoms with van der Waals surface area (Å²) in [5.74, 6) is 0.175. The van der Waals surface area contributed by atoms with Gasteiger partial charge < -0.3 is 0 Å². The number of hydrazone groups is 1. The lowest BCUT2D eigenvalue weighted by Crippen LogP contribution is -2.14. The fourth-order valence-electron chi connectivity index (χ4n) is 2.38. The number of carbonyl (C=O) groups is 1. The van der Waals surface area contributed by atoms with E-state index in [4.69, 9.17) is 5.26 Å². The van der Waals surface area contributed by atoms with Gasteiger partial charge in [-0.2, -0.15) is 10.4 Å². The topological polar surface area (TPSA) is 81.4 Å². The number of rotatable bonds is 5. The predicted octanol–water partition coefficient (Wildman–Crippen LogP) is 3.91. The monoisotopic (exact) mass is 371 g/mol. The highest BCUT2D eigenvalue weighted by Crippen LogP contribution is 2.32. The SMILES string of the molecule is CC1=NN(c2ccc(C(=O)Nc3nc(C)c(SCC#N)s3)cc2)CC1. The minimum Gasteiger partial charge on any atom is -0.298 e. The standard InChI is InChI=1S/C17H17N5OS2/c1-11-7-9-22(21-11)14-5-3-13(4-6-14)15(23)20-17-19-12(2)16(25-17)24-10-8-18/h3-6H,7,9-10H2,1-2H3,(H,19,20,23). The van der Waals surface area contributed by atoms with Crippen molar-refractivity contribution in [1.82, 2.24) is 4.98 Å². The molecule has 0 aliphatic carbocycles. The van der Waals surface area contributed by atoms with Gasteiger partial charge in [0.15, 0.2) is 5.13 Å². The zero-order valence-electron chi connectivity index (χ0n) is 13.9. The average molecular weight is 371 g/mol. The number of aryl methyl sites for hydroxylation is 1. The van der Waals surface area contributed by atoms with Crippen LogP contribution in [0.25, 0.3) is 0 Å². The number of anilines is 2. The van der Waals surface area contributed by atoms with Crippen molar-refractivity contribution in [1.29, 1.82) is 5.26 Å². The van der Waals surface area contributed by atoms with Gasteiger partial charge in [-0.25, -0.2) is 4.98 Å². The van der Waals surface area contributed by atoms with Crippen molar-refractivity contribution >= 4 is 45.5 Å². The third kappa shape index (κ3) is 4.18. The van der Waals surface area contributed by atoms with E-state index in [9.17, 15) is 4.79 Å². The number of hydrogen-bond acceptors (Lipinski definition) is 7. The summed E-state index contributed by atoms with van der Waals surface area (Å²) in [6.07, 6.45) is 0.970. The van der Waals surface area contributed by atoms with E-state index in [0.29, 0.717) is 16.4 Å². The Balaban J connectivity index is 1.66. The molecule has 3 rings (SSSR count). The molecule has 6 nitrogen and oxygen atoms in total. The molecule has 0 bridgehead atoms. The van der Waals surface area contributed by atoms with Crippen molar-refractivity contribution in [3.05, 3.63) is 35.5 Å². The number of nitrogens with one attached hydrogen (secondary N) is 1. The average Bonchev–Trinajstić information content (AvgIpc) is 3.19. The Morgan fingerprint density at radius 1 is 1.40 bits per heavy atom. The first-order valence-electron chi connectivity index (χ1n) is 7.77. The molecule has 128 valence electrons. The van der Waals surface area contributed by atoms with E-state index in [-0.39, 0.29) is 5.91 Å². The van der Waals surface area contributed by atoms with Crippen LogP contribution in [-0.4, -0.2) is 28.9 Å². The summed E-state index contributed by atoms with van der Waals surface area (Å²) in [6.45, 7) is 4.76. The zero-order chi connectivity index (χ0) is 17.8. The number of thioether (sulfide) groups is 1. The summed E-state index contributed by atoms with van der Waals surface area (Å²) in [5.41, 5.74) is 3.50. The lowest BCUT2D eigenvalue weighted by atomic mass is 10.2. The molecule has 0 spiro atoms. The van der Waals surface area contributed by atoms with E-state index in [1.54, 1.807) is 12.1 Å². The summed E-state index contributed by atoms with van der Waals surface area (Å²) in [7, 11) is 0.